The fourth-order valence-corrected chi connectivity index (χ4v) is 5.04. The molecule has 1 aromatic heterocycles. The van der Waals surface area contributed by atoms with Crippen molar-refractivity contribution in [1.82, 2.24) is 19.8 Å². The van der Waals surface area contributed by atoms with E-state index in [-0.39, 0.29) is 5.91 Å². The second-order valence-corrected chi connectivity index (χ2v) is 10.5. The number of hydrogen-bond donors (Lipinski definition) is 1. The van der Waals surface area contributed by atoms with Crippen LogP contribution in [0, 0.1) is 6.92 Å². The Morgan fingerprint density at radius 1 is 1.11 bits per heavy atom. The molecule has 182 valence electrons. The number of carbonyl (C=O) groups is 1. The molecular formula is C28H32BrN5O. The minimum absolute atomic E-state index is 0.00493. The third-order valence-electron chi connectivity index (χ3n) is 6.79. The van der Waals surface area contributed by atoms with Gasteiger partial charge in [0.2, 0.25) is 0 Å². The fourth-order valence-electron chi connectivity index (χ4n) is 4.63. The highest BCUT2D eigenvalue weighted by atomic mass is 79.9. The maximum Gasteiger partial charge on any atom is 0.257 e. The van der Waals surface area contributed by atoms with Crippen molar-refractivity contribution < 1.29 is 4.79 Å². The number of aromatic nitrogens is 2. The zero-order valence-corrected chi connectivity index (χ0v) is 21.8. The van der Waals surface area contributed by atoms with Crippen LogP contribution in [0.3, 0.4) is 0 Å². The van der Waals surface area contributed by atoms with Gasteiger partial charge in [0, 0.05) is 61.5 Å². The molecule has 0 atom stereocenters. The van der Waals surface area contributed by atoms with E-state index in [9.17, 15) is 4.79 Å². The summed E-state index contributed by atoms with van der Waals surface area (Å²) in [5.41, 5.74) is 4.86. The summed E-state index contributed by atoms with van der Waals surface area (Å²) in [6, 6.07) is 16.8. The third kappa shape index (κ3) is 6.08. The predicted octanol–water partition coefficient (Wildman–Crippen LogP) is 5.39. The van der Waals surface area contributed by atoms with Crippen molar-refractivity contribution in [3.63, 3.8) is 0 Å². The van der Waals surface area contributed by atoms with Crippen molar-refractivity contribution in [3.05, 3.63) is 87.4 Å². The molecule has 1 aliphatic carbocycles. The summed E-state index contributed by atoms with van der Waals surface area (Å²) >= 11 is 3.61. The average molecular weight is 535 g/mol. The van der Waals surface area contributed by atoms with Gasteiger partial charge < -0.3 is 10.2 Å². The van der Waals surface area contributed by atoms with Crippen LogP contribution in [0.5, 0.6) is 0 Å². The van der Waals surface area contributed by atoms with Gasteiger partial charge in [-0.2, -0.15) is 0 Å². The van der Waals surface area contributed by atoms with Gasteiger partial charge in [0.1, 0.15) is 5.82 Å². The minimum atomic E-state index is -0.00493. The zero-order valence-electron chi connectivity index (χ0n) is 20.2. The Morgan fingerprint density at radius 3 is 2.71 bits per heavy atom. The van der Waals surface area contributed by atoms with Crippen molar-refractivity contribution in [3.8, 4) is 0 Å². The summed E-state index contributed by atoms with van der Waals surface area (Å²) < 4.78 is 1.01. The Labute approximate surface area is 215 Å². The number of aryl methyl sites for hydroxylation is 1. The largest absolute Gasteiger partial charge is 0.385 e. The summed E-state index contributed by atoms with van der Waals surface area (Å²) in [4.78, 5) is 27.5. The Balaban J connectivity index is 1.41. The van der Waals surface area contributed by atoms with E-state index in [2.05, 4.69) is 78.6 Å². The smallest absolute Gasteiger partial charge is 0.257 e. The lowest BCUT2D eigenvalue weighted by molar-refractivity contribution is 0.0718. The minimum Gasteiger partial charge on any atom is -0.385 e. The van der Waals surface area contributed by atoms with Gasteiger partial charge in [-0.25, -0.2) is 9.97 Å². The molecule has 2 aromatic carbocycles. The van der Waals surface area contributed by atoms with E-state index >= 15 is 0 Å². The number of rotatable bonds is 4. The Bertz CT molecular complexity index is 1180. The molecule has 1 N–H and O–H groups in total. The lowest BCUT2D eigenvalue weighted by Crippen LogP contribution is -2.39. The van der Waals surface area contributed by atoms with Crippen molar-refractivity contribution in [2.75, 3.05) is 31.5 Å². The first kappa shape index (κ1) is 23.9. The van der Waals surface area contributed by atoms with E-state index < -0.39 is 0 Å². The van der Waals surface area contributed by atoms with Gasteiger partial charge in [-0.3, -0.25) is 9.69 Å². The molecule has 1 saturated carbocycles. The Kier molecular flexibility index (Phi) is 7.44. The second-order valence-electron chi connectivity index (χ2n) is 9.57. The van der Waals surface area contributed by atoms with E-state index in [0.29, 0.717) is 24.6 Å². The summed E-state index contributed by atoms with van der Waals surface area (Å²) in [6.45, 7) is 6.65. The number of hydrogen-bond acceptors (Lipinski definition) is 5. The van der Waals surface area contributed by atoms with Crippen LogP contribution in [0.2, 0.25) is 0 Å². The highest BCUT2D eigenvalue weighted by Gasteiger charge is 2.28. The molecule has 0 bridgehead atoms. The van der Waals surface area contributed by atoms with E-state index in [0.717, 1.165) is 72.7 Å². The van der Waals surface area contributed by atoms with E-state index in [1.54, 1.807) is 6.20 Å². The monoisotopic (exact) mass is 533 g/mol. The molecule has 3 aromatic rings. The molecule has 1 aliphatic heterocycles. The molecule has 1 amide bonds. The van der Waals surface area contributed by atoms with Crippen LogP contribution in [0.4, 0.5) is 5.69 Å². The van der Waals surface area contributed by atoms with Crippen LogP contribution in [-0.4, -0.2) is 51.9 Å². The lowest BCUT2D eigenvalue weighted by atomic mass is 10.1. The van der Waals surface area contributed by atoms with Crippen LogP contribution in [0.25, 0.3) is 0 Å². The van der Waals surface area contributed by atoms with E-state index in [1.807, 2.05) is 17.9 Å². The first-order valence-electron chi connectivity index (χ1n) is 12.5. The number of amides is 1. The molecule has 6 nitrogen and oxygen atoms in total. The molecule has 7 heteroatoms. The predicted molar refractivity (Wildman–Crippen MR) is 142 cm³/mol. The maximum atomic E-state index is 13.8. The third-order valence-corrected chi connectivity index (χ3v) is 7.28. The van der Waals surface area contributed by atoms with Gasteiger partial charge in [-0.05, 0) is 55.5 Å². The topological polar surface area (TPSA) is 61.4 Å². The van der Waals surface area contributed by atoms with Crippen LogP contribution in [0.1, 0.15) is 58.2 Å². The van der Waals surface area contributed by atoms with Gasteiger partial charge in [0.05, 0.1) is 11.3 Å². The summed E-state index contributed by atoms with van der Waals surface area (Å²) in [7, 11) is 0. The van der Waals surface area contributed by atoms with Crippen molar-refractivity contribution >= 4 is 27.5 Å². The molecule has 0 spiro atoms. The van der Waals surface area contributed by atoms with Crippen LogP contribution in [0.15, 0.2) is 59.2 Å². The maximum absolute atomic E-state index is 13.8. The van der Waals surface area contributed by atoms with E-state index in [4.69, 9.17) is 0 Å². The fraction of sp³-hybridized carbons (Fsp3) is 0.393. The second kappa shape index (κ2) is 10.9. The van der Waals surface area contributed by atoms with Gasteiger partial charge in [0.25, 0.3) is 5.91 Å². The molecule has 0 unspecified atom stereocenters. The molecule has 0 radical (unpaired) electrons. The molecule has 0 saturated heterocycles. The SMILES string of the molecule is Cc1nc(C2CC2)ncc1C(=O)N1CCN(Cc2ccccc2)CCCNc2ccc(Br)cc2C1. The van der Waals surface area contributed by atoms with Gasteiger partial charge in [-0.1, -0.05) is 46.3 Å². The molecule has 35 heavy (non-hydrogen) atoms. The van der Waals surface area contributed by atoms with Crippen molar-refractivity contribution in [1.29, 1.82) is 0 Å². The first-order valence-corrected chi connectivity index (χ1v) is 13.3. The number of nitrogens with one attached hydrogen (secondary N) is 1. The van der Waals surface area contributed by atoms with Crippen LogP contribution in [-0.2, 0) is 13.1 Å². The molecule has 1 fully saturated rings. The summed E-state index contributed by atoms with van der Waals surface area (Å²) in [6.07, 6.45) is 5.07. The summed E-state index contributed by atoms with van der Waals surface area (Å²) in [5, 5.41) is 3.60. The highest BCUT2D eigenvalue weighted by molar-refractivity contribution is 9.10. The standard InChI is InChI=1S/C28H32BrN5O/c1-20-25(17-31-27(32-20)22-8-9-22)28(35)34-15-14-33(18-21-6-3-2-4-7-21)13-5-12-30-26-11-10-24(29)16-23(26)19-34/h2-4,6-7,10-11,16-17,22,30H,5,8-9,12-15,18-19H2,1H3. The number of nitrogens with zero attached hydrogens (tertiary/aromatic N) is 4. The van der Waals surface area contributed by atoms with Gasteiger partial charge >= 0.3 is 0 Å². The number of fused-ring (bicyclic) bond motifs is 1. The number of carbonyl (C=O) groups excluding carboxylic acids is 1. The quantitative estimate of drug-likeness (QED) is 0.487. The Morgan fingerprint density at radius 2 is 1.94 bits per heavy atom. The average Bonchev–Trinajstić information content (AvgIpc) is 3.70. The normalized spacial score (nSPS) is 17.3. The molecule has 5 rings (SSSR count). The number of benzene rings is 2. The zero-order chi connectivity index (χ0) is 24.2. The van der Waals surface area contributed by atoms with E-state index in [1.165, 1.54) is 5.56 Å². The Hall–Kier alpha value is -2.77. The number of anilines is 1. The lowest BCUT2D eigenvalue weighted by Gasteiger charge is -2.28. The van der Waals surface area contributed by atoms with Crippen molar-refractivity contribution in [2.45, 2.75) is 45.2 Å². The van der Waals surface area contributed by atoms with Crippen LogP contribution >= 0.6 is 15.9 Å². The van der Waals surface area contributed by atoms with Crippen LogP contribution < -0.4 is 5.32 Å². The highest BCUT2D eigenvalue weighted by Crippen LogP contribution is 2.38. The van der Waals surface area contributed by atoms with Gasteiger partial charge in [0.15, 0.2) is 0 Å². The first-order chi connectivity index (χ1) is 17.1. The molecule has 2 aliphatic rings. The summed E-state index contributed by atoms with van der Waals surface area (Å²) in [5.74, 6) is 1.34. The van der Waals surface area contributed by atoms with Crippen molar-refractivity contribution in [2.24, 2.45) is 0 Å². The molecule has 2 heterocycles. The number of halogens is 1. The van der Waals surface area contributed by atoms with Gasteiger partial charge in [-0.15, -0.1) is 0 Å². The molecular weight excluding hydrogens is 502 g/mol.